The Bertz CT molecular complexity index is 6080. The van der Waals surface area contributed by atoms with E-state index in [9.17, 15) is 0 Å². The lowest BCUT2D eigenvalue weighted by molar-refractivity contribution is 0.591. The molecule has 3 aromatic heterocycles. The van der Waals surface area contributed by atoms with Crippen LogP contribution >= 0.6 is 0 Å². The van der Waals surface area contributed by atoms with Crippen molar-refractivity contribution in [2.75, 3.05) is 14.7 Å². The molecular formula is C102H84N6. The van der Waals surface area contributed by atoms with Gasteiger partial charge in [0.15, 0.2) is 0 Å². The normalized spacial score (nSPS) is 12.3. The standard InChI is InChI=1S/C102H84N6/c1-100(2,3)70-46-52-94-85(58-70)88-64-76(49-55-97(88)106(94)73-34-13-10-14-35-73)103(91-43-25-31-67-28-19-22-40-82(67)91)79-61-80(104(92-44-26-32-68-29-20-23-41-83(68)92)77-50-56-98-89(65-77)86-59-71(101(4,5)6)47-53-95(86)107(98)74-36-15-11-16-37-74)63-81(62-79)105(93-45-27-33-69-30-21-24-42-84(69)93)78-51-57-99-90(66-78)87-60-72(102(7,8)9)48-54-96(87)108(99)75-38-17-12-18-39-75/h10-66H,1-9H3. The van der Waals surface area contributed by atoms with Crippen LogP contribution in [0.25, 0.3) is 115 Å². The number of fused-ring (bicyclic) bond motifs is 12. The molecule has 0 aliphatic heterocycles. The van der Waals surface area contributed by atoms with Crippen LogP contribution in [0, 0.1) is 0 Å². The lowest BCUT2D eigenvalue weighted by atomic mass is 9.86. The summed E-state index contributed by atoms with van der Waals surface area (Å²) < 4.78 is 7.34. The second-order valence-electron chi connectivity index (χ2n) is 32.3. The van der Waals surface area contributed by atoms with E-state index in [2.05, 4.69) is 436 Å². The number of rotatable bonds is 12. The average Bonchev–Trinajstić information content (AvgIpc) is 0.873. The third-order valence-corrected chi connectivity index (χ3v) is 22.3. The Morgan fingerprint density at radius 3 is 0.685 bits per heavy atom. The molecule has 6 nitrogen and oxygen atoms in total. The third kappa shape index (κ3) is 11.2. The number of anilines is 9. The molecule has 3 heterocycles. The molecule has 19 rings (SSSR count). The zero-order chi connectivity index (χ0) is 73.3. The summed E-state index contributed by atoms with van der Waals surface area (Å²) in [5, 5.41) is 14.0. The molecule has 0 aliphatic rings. The topological polar surface area (TPSA) is 24.5 Å². The fourth-order valence-corrected chi connectivity index (χ4v) is 16.9. The minimum atomic E-state index is -0.0948. The van der Waals surface area contributed by atoms with Crippen molar-refractivity contribution in [1.82, 2.24) is 13.7 Å². The highest BCUT2D eigenvalue weighted by molar-refractivity contribution is 6.15. The van der Waals surface area contributed by atoms with E-state index in [0.29, 0.717) is 0 Å². The van der Waals surface area contributed by atoms with Crippen LogP contribution in [0.15, 0.2) is 346 Å². The lowest BCUT2D eigenvalue weighted by Crippen LogP contribution is -2.17. The lowest BCUT2D eigenvalue weighted by Gasteiger charge is -2.34. The maximum Gasteiger partial charge on any atom is 0.0542 e. The summed E-state index contributed by atoms with van der Waals surface area (Å²) in [6, 6.07) is 130. The fourth-order valence-electron chi connectivity index (χ4n) is 16.9. The van der Waals surface area contributed by atoms with Crippen LogP contribution in [0.4, 0.5) is 51.2 Å². The Kier molecular flexibility index (Phi) is 15.5. The Morgan fingerprint density at radius 2 is 0.417 bits per heavy atom. The van der Waals surface area contributed by atoms with Gasteiger partial charge in [0.2, 0.25) is 0 Å². The maximum absolute atomic E-state index is 2.55. The van der Waals surface area contributed by atoms with Crippen molar-refractivity contribution < 1.29 is 0 Å². The second-order valence-corrected chi connectivity index (χ2v) is 32.3. The van der Waals surface area contributed by atoms with Gasteiger partial charge in [0.25, 0.3) is 0 Å². The molecular weight excluding hydrogens is 1310 g/mol. The van der Waals surface area contributed by atoms with E-state index in [4.69, 9.17) is 0 Å². The number of benzene rings is 16. The predicted molar refractivity (Wildman–Crippen MR) is 462 cm³/mol. The van der Waals surface area contributed by atoms with Crippen LogP contribution in [0.3, 0.4) is 0 Å². The first-order valence-corrected chi connectivity index (χ1v) is 37.9. The van der Waals surface area contributed by atoms with Crippen molar-refractivity contribution in [2.45, 2.75) is 78.6 Å². The highest BCUT2D eigenvalue weighted by Crippen LogP contribution is 2.52. The van der Waals surface area contributed by atoms with Crippen LogP contribution in [-0.2, 0) is 16.2 Å². The highest BCUT2D eigenvalue weighted by atomic mass is 15.2. The van der Waals surface area contributed by atoms with Gasteiger partial charge in [-0.1, -0.05) is 244 Å². The molecule has 0 atom stereocenters. The van der Waals surface area contributed by atoms with E-state index in [1.165, 1.54) is 49.0 Å². The molecule has 0 aliphatic carbocycles. The molecule has 16 aromatic carbocycles. The first kappa shape index (κ1) is 65.8. The highest BCUT2D eigenvalue weighted by Gasteiger charge is 2.29. The summed E-state index contributed by atoms with van der Waals surface area (Å²) in [5.74, 6) is 0. The van der Waals surface area contributed by atoms with Crippen LogP contribution in [0.5, 0.6) is 0 Å². The van der Waals surface area contributed by atoms with Gasteiger partial charge in [-0.05, 0) is 213 Å². The van der Waals surface area contributed by atoms with Gasteiger partial charge < -0.3 is 28.4 Å². The summed E-state index contributed by atoms with van der Waals surface area (Å²) in [4.78, 5) is 7.64. The average molecular weight is 1390 g/mol. The van der Waals surface area contributed by atoms with Crippen molar-refractivity contribution in [3.63, 3.8) is 0 Å². The van der Waals surface area contributed by atoms with Gasteiger partial charge in [-0.15, -0.1) is 0 Å². The molecule has 108 heavy (non-hydrogen) atoms. The van der Waals surface area contributed by atoms with Crippen molar-refractivity contribution in [1.29, 1.82) is 0 Å². The monoisotopic (exact) mass is 1390 g/mol. The predicted octanol–water partition coefficient (Wildman–Crippen LogP) is 28.7. The third-order valence-electron chi connectivity index (χ3n) is 22.3. The summed E-state index contributed by atoms with van der Waals surface area (Å²) in [5.41, 5.74) is 23.0. The minimum absolute atomic E-state index is 0.0948. The van der Waals surface area contributed by atoms with Crippen LogP contribution in [0.1, 0.15) is 79.0 Å². The summed E-state index contributed by atoms with van der Waals surface area (Å²) >= 11 is 0. The first-order valence-electron chi connectivity index (χ1n) is 37.9. The first-order chi connectivity index (χ1) is 52.5. The molecule has 0 fully saturated rings. The summed E-state index contributed by atoms with van der Waals surface area (Å²) in [6.45, 7) is 20.9. The summed E-state index contributed by atoms with van der Waals surface area (Å²) in [7, 11) is 0. The maximum atomic E-state index is 2.55. The quantitative estimate of drug-likeness (QED) is 0.122. The number of aromatic nitrogens is 3. The van der Waals surface area contributed by atoms with E-state index in [1.807, 2.05) is 0 Å². The fraction of sp³-hybridized carbons (Fsp3) is 0.118. The molecule has 0 unspecified atom stereocenters. The van der Waals surface area contributed by atoms with Crippen molar-refractivity contribution >= 4 is 149 Å². The second kappa shape index (κ2) is 25.4. The van der Waals surface area contributed by atoms with Crippen molar-refractivity contribution in [3.05, 3.63) is 362 Å². The molecule has 0 N–H and O–H groups in total. The molecule has 0 radical (unpaired) electrons. The number of hydrogen-bond acceptors (Lipinski definition) is 3. The molecule has 0 bridgehead atoms. The molecule has 19 aromatic rings. The van der Waals surface area contributed by atoms with Gasteiger partial charge in [-0.3, -0.25) is 0 Å². The van der Waals surface area contributed by atoms with Gasteiger partial charge in [0.1, 0.15) is 0 Å². The molecule has 522 valence electrons. The Balaban J connectivity index is 0.957. The van der Waals surface area contributed by atoms with E-state index in [0.717, 1.165) is 134 Å². The zero-order valence-corrected chi connectivity index (χ0v) is 62.6. The van der Waals surface area contributed by atoms with Gasteiger partial charge in [-0.2, -0.15) is 0 Å². The number of para-hydroxylation sites is 3. The van der Waals surface area contributed by atoms with E-state index < -0.39 is 0 Å². The van der Waals surface area contributed by atoms with Crippen LogP contribution in [0.2, 0.25) is 0 Å². The number of hydrogen-bond donors (Lipinski definition) is 0. The molecule has 0 amide bonds. The smallest absolute Gasteiger partial charge is 0.0542 e. The zero-order valence-electron chi connectivity index (χ0n) is 62.6. The molecule has 6 heteroatoms. The van der Waals surface area contributed by atoms with Crippen LogP contribution in [-0.4, -0.2) is 13.7 Å². The minimum Gasteiger partial charge on any atom is -0.310 e. The van der Waals surface area contributed by atoms with Gasteiger partial charge in [-0.25, -0.2) is 0 Å². The largest absolute Gasteiger partial charge is 0.310 e. The van der Waals surface area contributed by atoms with E-state index >= 15 is 0 Å². The Labute approximate surface area is 631 Å². The Morgan fingerprint density at radius 1 is 0.185 bits per heavy atom. The molecule has 0 spiro atoms. The molecule has 0 saturated heterocycles. The van der Waals surface area contributed by atoms with Crippen LogP contribution < -0.4 is 14.7 Å². The molecule has 0 saturated carbocycles. The van der Waals surface area contributed by atoms with Gasteiger partial charge >= 0.3 is 0 Å². The van der Waals surface area contributed by atoms with E-state index in [1.54, 1.807) is 0 Å². The van der Waals surface area contributed by atoms with E-state index in [-0.39, 0.29) is 16.2 Å². The van der Waals surface area contributed by atoms with Gasteiger partial charge in [0.05, 0.1) is 67.2 Å². The Hall–Kier alpha value is -12.9. The van der Waals surface area contributed by atoms with Crippen molar-refractivity contribution in [3.8, 4) is 17.1 Å². The number of nitrogens with zero attached hydrogens (tertiary/aromatic N) is 6. The summed E-state index contributed by atoms with van der Waals surface area (Å²) in [6.07, 6.45) is 0. The van der Waals surface area contributed by atoms with Crippen molar-refractivity contribution in [2.24, 2.45) is 0 Å². The van der Waals surface area contributed by atoms with Gasteiger partial charge in [0, 0.05) is 82.6 Å². The SMILES string of the molecule is CC(C)(C)c1ccc2c(c1)c1cc(N(c3cc(N(c4ccc5c(c4)c4cc(C(C)(C)C)ccc4n5-c4ccccc4)c4cccc5ccccc45)cc(N(c4ccc5c(c4)c4cc(C(C)(C)C)ccc4n5-c4ccccc4)c4cccc5ccccc45)c3)c3cccc4ccccc34)ccc1n2-c1ccccc1.